The van der Waals surface area contributed by atoms with Crippen LogP contribution in [0.1, 0.15) is 6.92 Å². The van der Waals surface area contributed by atoms with Gasteiger partial charge in [0.25, 0.3) is 10.1 Å². The van der Waals surface area contributed by atoms with Crippen LogP contribution >= 0.6 is 11.8 Å². The fraction of sp³-hybridized carbons (Fsp3) is 0.462. The summed E-state index contributed by atoms with van der Waals surface area (Å²) in [5.74, 6) is -0.223. The van der Waals surface area contributed by atoms with E-state index in [-0.39, 0.29) is 12.5 Å². The largest absolute Gasteiger partial charge is 0.444 e. The van der Waals surface area contributed by atoms with E-state index in [0.717, 1.165) is 4.90 Å². The molecule has 11 heteroatoms. The first-order valence-electron chi connectivity index (χ1n) is 7.10. The number of carbonyl (C=O) groups is 2. The molecule has 2 aliphatic heterocycles. The number of carbonyl (C=O) groups excluding carboxylic acids is 2. The van der Waals surface area contributed by atoms with Crippen LogP contribution in [0.3, 0.4) is 0 Å². The minimum absolute atomic E-state index is 0.113. The van der Waals surface area contributed by atoms with Gasteiger partial charge in [-0.2, -0.15) is 8.42 Å². The Morgan fingerprint density at radius 2 is 2.25 bits per heavy atom. The number of nitrogens with one attached hydrogen (secondary N) is 1. The third-order valence-electron chi connectivity index (χ3n) is 3.68. The highest BCUT2D eigenvalue weighted by Crippen LogP contribution is 2.33. The standard InChI is InChI=1S/C13H15N3O6S2/c1-7(6-24(19,20)21)8-4-16(13(18)22-8)10-3-2-9-12(14-10)15-11(17)5-23-9/h2-3,7-8H,4-6H2,1H3,(H,14,15,17)(H,19,20,21)/t7?,8-/m1/s1. The first-order valence-corrected chi connectivity index (χ1v) is 9.69. The summed E-state index contributed by atoms with van der Waals surface area (Å²) in [6.07, 6.45) is -1.33. The van der Waals surface area contributed by atoms with Crippen LogP contribution in [-0.2, 0) is 19.6 Å². The predicted octanol–water partition coefficient (Wildman–Crippen LogP) is 0.975. The molecule has 3 heterocycles. The van der Waals surface area contributed by atoms with Crippen LogP contribution in [0.5, 0.6) is 0 Å². The molecule has 3 rings (SSSR count). The molecule has 1 aromatic rings. The van der Waals surface area contributed by atoms with Gasteiger partial charge in [-0.1, -0.05) is 6.92 Å². The Balaban J connectivity index is 1.77. The van der Waals surface area contributed by atoms with Crippen molar-refractivity contribution < 1.29 is 27.3 Å². The lowest BCUT2D eigenvalue weighted by molar-refractivity contribution is -0.113. The molecule has 0 aliphatic carbocycles. The Morgan fingerprint density at radius 3 is 2.96 bits per heavy atom. The highest BCUT2D eigenvalue weighted by Gasteiger charge is 2.38. The SMILES string of the molecule is CC(CS(=O)(=O)O)[C@H]1CN(c2ccc3c(n2)NC(=O)CS3)C(=O)O1. The number of fused-ring (bicyclic) bond motifs is 1. The maximum atomic E-state index is 12.0. The Labute approximate surface area is 142 Å². The molecule has 2 amide bonds. The fourth-order valence-corrected chi connectivity index (χ4v) is 4.15. The van der Waals surface area contributed by atoms with Gasteiger partial charge < -0.3 is 10.1 Å². The average molecular weight is 373 g/mol. The van der Waals surface area contributed by atoms with Crippen molar-refractivity contribution >= 4 is 45.5 Å². The van der Waals surface area contributed by atoms with Gasteiger partial charge in [0.1, 0.15) is 17.7 Å². The van der Waals surface area contributed by atoms with Gasteiger partial charge in [0.2, 0.25) is 5.91 Å². The maximum absolute atomic E-state index is 12.0. The van der Waals surface area contributed by atoms with Crippen molar-refractivity contribution in [3.05, 3.63) is 12.1 Å². The van der Waals surface area contributed by atoms with Crippen LogP contribution in [0, 0.1) is 5.92 Å². The second-order valence-corrected chi connectivity index (χ2v) is 8.13. The molecule has 2 aliphatic rings. The number of amides is 2. The second-order valence-electron chi connectivity index (χ2n) is 5.61. The van der Waals surface area contributed by atoms with E-state index < -0.39 is 34.0 Å². The number of thioether (sulfide) groups is 1. The van der Waals surface area contributed by atoms with E-state index in [1.54, 1.807) is 19.1 Å². The van der Waals surface area contributed by atoms with Gasteiger partial charge in [-0.15, -0.1) is 11.8 Å². The molecule has 1 unspecified atom stereocenters. The van der Waals surface area contributed by atoms with E-state index in [1.807, 2.05) is 0 Å². The molecule has 0 bridgehead atoms. The summed E-state index contributed by atoms with van der Waals surface area (Å²) < 4.78 is 36.0. The first-order chi connectivity index (χ1) is 11.2. The molecule has 0 spiro atoms. The number of hydrogen-bond donors (Lipinski definition) is 2. The molecule has 2 N–H and O–H groups in total. The van der Waals surface area contributed by atoms with E-state index >= 15 is 0 Å². The Kier molecular flexibility index (Phi) is 4.40. The number of aromatic nitrogens is 1. The van der Waals surface area contributed by atoms with Crippen LogP contribution in [0.25, 0.3) is 0 Å². The molecule has 0 aromatic carbocycles. The highest BCUT2D eigenvalue weighted by atomic mass is 32.2. The van der Waals surface area contributed by atoms with Crippen molar-refractivity contribution in [2.75, 3.05) is 28.3 Å². The second kappa shape index (κ2) is 6.22. The number of hydrogen-bond acceptors (Lipinski definition) is 7. The van der Waals surface area contributed by atoms with Crippen LogP contribution in [0.15, 0.2) is 17.0 Å². The van der Waals surface area contributed by atoms with E-state index in [0.29, 0.717) is 17.4 Å². The molecule has 1 aromatic heterocycles. The number of nitrogens with zero attached hydrogens (tertiary/aromatic N) is 2. The Bertz CT molecular complexity index is 797. The normalized spacial score (nSPS) is 21.9. The van der Waals surface area contributed by atoms with Crippen LogP contribution in [0.4, 0.5) is 16.4 Å². The summed E-state index contributed by atoms with van der Waals surface area (Å²) in [4.78, 5) is 29.8. The van der Waals surface area contributed by atoms with E-state index in [9.17, 15) is 18.0 Å². The zero-order valence-corrected chi connectivity index (χ0v) is 14.3. The molecular weight excluding hydrogens is 358 g/mol. The van der Waals surface area contributed by atoms with E-state index in [1.165, 1.54) is 16.7 Å². The Hall–Kier alpha value is -1.85. The summed E-state index contributed by atoms with van der Waals surface area (Å²) in [5, 5.41) is 2.64. The van der Waals surface area contributed by atoms with Gasteiger partial charge in [0.15, 0.2) is 0 Å². The summed E-state index contributed by atoms with van der Waals surface area (Å²) in [6.45, 7) is 1.69. The fourth-order valence-electron chi connectivity index (χ4n) is 2.51. The van der Waals surface area contributed by atoms with Crippen LogP contribution in [0.2, 0.25) is 0 Å². The van der Waals surface area contributed by atoms with Crippen molar-refractivity contribution in [3.8, 4) is 0 Å². The van der Waals surface area contributed by atoms with Gasteiger partial charge in [-0.05, 0) is 12.1 Å². The summed E-state index contributed by atoms with van der Waals surface area (Å²) in [5.41, 5.74) is 0. The lowest BCUT2D eigenvalue weighted by Gasteiger charge is -2.19. The van der Waals surface area contributed by atoms with Crippen LogP contribution in [-0.4, -0.2) is 54.1 Å². The van der Waals surface area contributed by atoms with Crippen LogP contribution < -0.4 is 10.2 Å². The molecule has 130 valence electrons. The molecule has 2 atom stereocenters. The predicted molar refractivity (Wildman–Crippen MR) is 86.8 cm³/mol. The molecule has 0 saturated carbocycles. The van der Waals surface area contributed by atoms with Gasteiger partial charge >= 0.3 is 6.09 Å². The number of pyridine rings is 1. The molecule has 0 radical (unpaired) electrons. The number of rotatable bonds is 4. The van der Waals surface area contributed by atoms with Gasteiger partial charge in [0, 0.05) is 5.92 Å². The first kappa shape index (κ1) is 17.0. The monoisotopic (exact) mass is 373 g/mol. The summed E-state index contributed by atoms with van der Waals surface area (Å²) in [7, 11) is -4.15. The van der Waals surface area contributed by atoms with Gasteiger partial charge in [0.05, 0.1) is 22.9 Å². The lowest BCUT2D eigenvalue weighted by Crippen LogP contribution is -2.30. The smallest absolute Gasteiger partial charge is 0.415 e. The minimum atomic E-state index is -4.15. The molecular formula is C13H15N3O6S2. The zero-order valence-electron chi connectivity index (χ0n) is 12.6. The molecule has 1 saturated heterocycles. The molecule has 1 fully saturated rings. The van der Waals surface area contributed by atoms with Crippen molar-refractivity contribution in [3.63, 3.8) is 0 Å². The van der Waals surface area contributed by atoms with Crippen molar-refractivity contribution in [2.24, 2.45) is 5.92 Å². The number of ether oxygens (including phenoxy) is 1. The highest BCUT2D eigenvalue weighted by molar-refractivity contribution is 8.00. The van der Waals surface area contributed by atoms with E-state index in [4.69, 9.17) is 9.29 Å². The Morgan fingerprint density at radius 1 is 1.50 bits per heavy atom. The zero-order chi connectivity index (χ0) is 17.5. The minimum Gasteiger partial charge on any atom is -0.444 e. The van der Waals surface area contributed by atoms with Crippen molar-refractivity contribution in [1.82, 2.24) is 4.98 Å². The topological polar surface area (TPSA) is 126 Å². The lowest BCUT2D eigenvalue weighted by atomic mass is 10.1. The maximum Gasteiger partial charge on any atom is 0.415 e. The third kappa shape index (κ3) is 3.62. The van der Waals surface area contributed by atoms with E-state index in [2.05, 4.69) is 10.3 Å². The summed E-state index contributed by atoms with van der Waals surface area (Å²) in [6, 6.07) is 3.39. The van der Waals surface area contributed by atoms with Gasteiger partial charge in [-0.3, -0.25) is 14.2 Å². The average Bonchev–Trinajstić information content (AvgIpc) is 2.87. The quantitative estimate of drug-likeness (QED) is 0.748. The van der Waals surface area contributed by atoms with Crippen molar-refractivity contribution in [2.45, 2.75) is 17.9 Å². The molecule has 24 heavy (non-hydrogen) atoms. The van der Waals surface area contributed by atoms with Crippen molar-refractivity contribution in [1.29, 1.82) is 0 Å². The third-order valence-corrected chi connectivity index (χ3v) is 5.67. The number of cyclic esters (lactones) is 1. The molecule has 9 nitrogen and oxygen atoms in total. The van der Waals surface area contributed by atoms with Gasteiger partial charge in [-0.25, -0.2) is 9.78 Å². The number of anilines is 2. The summed E-state index contributed by atoms with van der Waals surface area (Å²) >= 11 is 1.36.